The Bertz CT molecular complexity index is 551. The van der Waals surface area contributed by atoms with Gasteiger partial charge in [0.25, 0.3) is 15.7 Å². The Balaban J connectivity index is 2.03. The summed E-state index contributed by atoms with van der Waals surface area (Å²) in [7, 11) is -3.71. The van der Waals surface area contributed by atoms with Crippen LogP contribution in [-0.4, -0.2) is 37.5 Å². The minimum atomic E-state index is -3.71. The van der Waals surface area contributed by atoms with Crippen LogP contribution in [0.25, 0.3) is 0 Å². The molecule has 2 rings (SSSR count). The first kappa shape index (κ1) is 13.8. The molecule has 0 radical (unpaired) electrons. The van der Waals surface area contributed by atoms with E-state index in [4.69, 9.17) is 0 Å². The second-order valence-electron chi connectivity index (χ2n) is 4.26. The van der Waals surface area contributed by atoms with Gasteiger partial charge in [0.15, 0.2) is 5.03 Å². The van der Waals surface area contributed by atoms with Crippen LogP contribution in [0.4, 0.5) is 5.69 Å². The van der Waals surface area contributed by atoms with E-state index in [1.54, 1.807) is 0 Å². The van der Waals surface area contributed by atoms with E-state index >= 15 is 0 Å². The highest BCUT2D eigenvalue weighted by molar-refractivity contribution is 7.89. The highest BCUT2D eigenvalue weighted by Crippen LogP contribution is 2.12. The Morgan fingerprint density at radius 1 is 1.53 bits per heavy atom. The summed E-state index contributed by atoms with van der Waals surface area (Å²) in [6.07, 6.45) is 2.89. The first-order valence-corrected chi connectivity index (χ1v) is 7.31. The highest BCUT2D eigenvalue weighted by atomic mass is 32.2. The molecule has 1 aliphatic rings. The van der Waals surface area contributed by atoms with E-state index in [1.807, 2.05) is 0 Å². The van der Waals surface area contributed by atoms with E-state index in [-0.39, 0.29) is 16.8 Å². The van der Waals surface area contributed by atoms with Crippen LogP contribution < -0.4 is 10.0 Å². The van der Waals surface area contributed by atoms with Gasteiger partial charge in [0, 0.05) is 18.7 Å². The molecule has 2 heterocycles. The fraction of sp³-hybridized carbons (Fsp3) is 0.500. The van der Waals surface area contributed by atoms with Crippen molar-refractivity contribution < 1.29 is 13.3 Å². The quantitative estimate of drug-likeness (QED) is 0.582. The molecule has 9 heteroatoms. The van der Waals surface area contributed by atoms with Crippen molar-refractivity contribution in [1.29, 1.82) is 0 Å². The van der Waals surface area contributed by atoms with Crippen LogP contribution in [0.5, 0.6) is 0 Å². The monoisotopic (exact) mass is 286 g/mol. The van der Waals surface area contributed by atoms with Gasteiger partial charge in [-0.1, -0.05) is 0 Å². The molecule has 0 bridgehead atoms. The summed E-state index contributed by atoms with van der Waals surface area (Å²) in [6.45, 7) is 1.18. The Kier molecular flexibility index (Phi) is 4.08. The number of rotatable bonds is 5. The van der Waals surface area contributed by atoms with Crippen LogP contribution >= 0.6 is 0 Å². The van der Waals surface area contributed by atoms with Gasteiger partial charge >= 0.3 is 0 Å². The van der Waals surface area contributed by atoms with Gasteiger partial charge in [-0.3, -0.25) is 10.1 Å². The van der Waals surface area contributed by atoms with E-state index in [0.717, 1.165) is 37.7 Å². The maximum Gasteiger partial charge on any atom is 0.287 e. The van der Waals surface area contributed by atoms with Gasteiger partial charge in [0.2, 0.25) is 0 Å². The molecule has 0 amide bonds. The fourth-order valence-electron chi connectivity index (χ4n) is 1.85. The Morgan fingerprint density at radius 3 is 2.84 bits per heavy atom. The Morgan fingerprint density at radius 2 is 2.32 bits per heavy atom. The van der Waals surface area contributed by atoms with Gasteiger partial charge in [-0.15, -0.1) is 0 Å². The molecule has 104 valence electrons. The van der Waals surface area contributed by atoms with Gasteiger partial charge in [-0.05, 0) is 25.5 Å². The van der Waals surface area contributed by atoms with Gasteiger partial charge in [0.1, 0.15) is 6.20 Å². The average molecular weight is 286 g/mol. The van der Waals surface area contributed by atoms with Crippen molar-refractivity contribution in [2.24, 2.45) is 0 Å². The van der Waals surface area contributed by atoms with Gasteiger partial charge in [0.05, 0.1) is 4.92 Å². The molecule has 1 fully saturated rings. The van der Waals surface area contributed by atoms with Crippen molar-refractivity contribution in [3.63, 3.8) is 0 Å². The largest absolute Gasteiger partial charge is 0.313 e. The van der Waals surface area contributed by atoms with Gasteiger partial charge in [-0.2, -0.15) is 0 Å². The second kappa shape index (κ2) is 5.59. The molecule has 0 aliphatic carbocycles. The minimum Gasteiger partial charge on any atom is -0.313 e. The average Bonchev–Trinajstić information content (AvgIpc) is 2.90. The molecule has 0 aromatic carbocycles. The van der Waals surface area contributed by atoms with Crippen LogP contribution in [0, 0.1) is 10.1 Å². The van der Waals surface area contributed by atoms with Crippen molar-refractivity contribution in [2.75, 3.05) is 13.1 Å². The fourth-order valence-corrected chi connectivity index (χ4v) is 2.86. The van der Waals surface area contributed by atoms with Crippen molar-refractivity contribution in [2.45, 2.75) is 23.9 Å². The second-order valence-corrected chi connectivity index (χ2v) is 5.97. The van der Waals surface area contributed by atoms with Crippen LogP contribution in [0.2, 0.25) is 0 Å². The third-order valence-corrected chi connectivity index (χ3v) is 4.23. The molecular formula is C10H14N4O4S. The zero-order valence-corrected chi connectivity index (χ0v) is 10.9. The molecule has 1 aromatic rings. The van der Waals surface area contributed by atoms with Crippen LogP contribution in [-0.2, 0) is 10.0 Å². The highest BCUT2D eigenvalue weighted by Gasteiger charge is 2.20. The molecular weight excluding hydrogens is 272 g/mol. The molecule has 1 atom stereocenters. The van der Waals surface area contributed by atoms with Crippen molar-refractivity contribution in [3.8, 4) is 0 Å². The molecule has 8 nitrogen and oxygen atoms in total. The predicted octanol–water partition coefficient (Wildman–Crippen LogP) is 0.0201. The number of pyridine rings is 1. The van der Waals surface area contributed by atoms with E-state index in [2.05, 4.69) is 15.0 Å². The maximum atomic E-state index is 11.9. The van der Waals surface area contributed by atoms with Crippen molar-refractivity contribution in [1.82, 2.24) is 15.0 Å². The number of hydrogen-bond donors (Lipinski definition) is 2. The van der Waals surface area contributed by atoms with Crippen molar-refractivity contribution in [3.05, 3.63) is 28.4 Å². The summed E-state index contributed by atoms with van der Waals surface area (Å²) in [5.41, 5.74) is -0.239. The number of aromatic nitrogens is 1. The van der Waals surface area contributed by atoms with Crippen LogP contribution in [0.15, 0.2) is 23.4 Å². The number of nitrogens with one attached hydrogen (secondary N) is 2. The molecule has 1 aliphatic heterocycles. The summed E-state index contributed by atoms with van der Waals surface area (Å²) in [5.74, 6) is 0. The summed E-state index contributed by atoms with van der Waals surface area (Å²) < 4.78 is 26.2. The molecule has 0 spiro atoms. The SMILES string of the molecule is O=[N+]([O-])c1ccc(S(=O)(=O)NC[C@@H]2CCCN2)nc1. The molecule has 19 heavy (non-hydrogen) atoms. The smallest absolute Gasteiger partial charge is 0.287 e. The normalized spacial score (nSPS) is 19.5. The van der Waals surface area contributed by atoms with Crippen LogP contribution in [0.1, 0.15) is 12.8 Å². The third kappa shape index (κ3) is 3.46. The minimum absolute atomic E-state index is 0.132. The molecule has 1 saturated heterocycles. The van der Waals surface area contributed by atoms with E-state index in [9.17, 15) is 18.5 Å². The number of nitrogens with zero attached hydrogens (tertiary/aromatic N) is 2. The summed E-state index contributed by atoms with van der Waals surface area (Å²) >= 11 is 0. The lowest BCUT2D eigenvalue weighted by Gasteiger charge is -2.11. The Labute approximate surface area is 110 Å². The third-order valence-electron chi connectivity index (χ3n) is 2.89. The first-order valence-electron chi connectivity index (χ1n) is 5.82. The number of nitro groups is 1. The lowest BCUT2D eigenvalue weighted by atomic mass is 10.2. The van der Waals surface area contributed by atoms with E-state index < -0.39 is 14.9 Å². The van der Waals surface area contributed by atoms with Crippen LogP contribution in [0.3, 0.4) is 0 Å². The summed E-state index contributed by atoms with van der Waals surface area (Å²) in [6, 6.07) is 2.38. The zero-order valence-electron chi connectivity index (χ0n) is 10.1. The Hall–Kier alpha value is -1.58. The number of sulfonamides is 1. The lowest BCUT2D eigenvalue weighted by Crippen LogP contribution is -2.37. The zero-order chi connectivity index (χ0) is 13.9. The number of hydrogen-bond acceptors (Lipinski definition) is 6. The molecule has 2 N–H and O–H groups in total. The topological polar surface area (TPSA) is 114 Å². The molecule has 0 unspecified atom stereocenters. The molecule has 0 saturated carbocycles. The standard InChI is InChI=1S/C10H14N4O4S/c15-14(16)9-3-4-10(12-7-9)19(17,18)13-6-8-2-1-5-11-8/h3-4,7-8,11,13H,1-2,5-6H2/t8-/m0/s1. The maximum absolute atomic E-state index is 11.9. The predicted molar refractivity (Wildman–Crippen MR) is 67.1 cm³/mol. The first-order chi connectivity index (χ1) is 8.99. The summed E-state index contributed by atoms with van der Waals surface area (Å²) in [5, 5.41) is 13.4. The van der Waals surface area contributed by atoms with E-state index in [1.165, 1.54) is 0 Å². The van der Waals surface area contributed by atoms with E-state index in [0.29, 0.717) is 6.54 Å². The van der Waals surface area contributed by atoms with Crippen molar-refractivity contribution >= 4 is 15.7 Å². The lowest BCUT2D eigenvalue weighted by molar-refractivity contribution is -0.385. The van der Waals surface area contributed by atoms with Gasteiger partial charge < -0.3 is 5.32 Å². The van der Waals surface area contributed by atoms with Gasteiger partial charge in [-0.25, -0.2) is 18.1 Å². The molecule has 1 aromatic heterocycles. The summed E-state index contributed by atoms with van der Waals surface area (Å²) in [4.78, 5) is 13.4.